The van der Waals surface area contributed by atoms with E-state index >= 15 is 0 Å². The van der Waals surface area contributed by atoms with E-state index in [0.29, 0.717) is 30.2 Å². The fraction of sp³-hybridized carbons (Fsp3) is 0.562. The van der Waals surface area contributed by atoms with Gasteiger partial charge in [0.15, 0.2) is 9.84 Å². The summed E-state index contributed by atoms with van der Waals surface area (Å²) >= 11 is 0. The van der Waals surface area contributed by atoms with Crippen molar-refractivity contribution in [2.24, 2.45) is 11.3 Å². The van der Waals surface area contributed by atoms with Gasteiger partial charge >= 0.3 is 0 Å². The van der Waals surface area contributed by atoms with Crippen LogP contribution in [0.1, 0.15) is 25.0 Å². The fourth-order valence-electron chi connectivity index (χ4n) is 2.56. The molecule has 2 rings (SSSR count). The molecule has 1 aliphatic rings. The quantitative estimate of drug-likeness (QED) is 0.894. The van der Waals surface area contributed by atoms with Crippen LogP contribution in [0.25, 0.3) is 0 Å². The average Bonchev–Trinajstić information content (AvgIpc) is 2.34. The van der Waals surface area contributed by atoms with Crippen LogP contribution >= 0.6 is 0 Å². The average molecular weight is 325 g/mol. The molecule has 0 aliphatic carbocycles. The zero-order valence-corrected chi connectivity index (χ0v) is 14.3. The molecule has 1 heterocycles. The molecule has 122 valence electrons. The molecule has 0 bridgehead atoms. The minimum absolute atomic E-state index is 0.0322. The van der Waals surface area contributed by atoms with Gasteiger partial charge in [0.25, 0.3) is 0 Å². The van der Waals surface area contributed by atoms with Crippen LogP contribution in [-0.2, 0) is 25.9 Å². The second-order valence-corrected chi connectivity index (χ2v) is 8.34. The van der Waals surface area contributed by atoms with Crippen LogP contribution in [0, 0.1) is 18.3 Å². The third kappa shape index (κ3) is 3.17. The molecular formula is C16H23NO4S. The summed E-state index contributed by atoms with van der Waals surface area (Å²) in [7, 11) is -3.26. The van der Waals surface area contributed by atoms with E-state index in [4.69, 9.17) is 4.74 Å². The Kier molecular flexibility index (Phi) is 4.63. The first-order valence-corrected chi connectivity index (χ1v) is 9.21. The lowest BCUT2D eigenvalue weighted by Crippen LogP contribution is -2.57. The van der Waals surface area contributed by atoms with E-state index < -0.39 is 15.3 Å². The molecule has 6 heteroatoms. The summed E-state index contributed by atoms with van der Waals surface area (Å²) in [6.45, 7) is 6.98. The monoisotopic (exact) mass is 325 g/mol. The van der Waals surface area contributed by atoms with Gasteiger partial charge in [0, 0.05) is 12.8 Å². The highest BCUT2D eigenvalue weighted by Crippen LogP contribution is 2.36. The van der Waals surface area contributed by atoms with Crippen LogP contribution in [0.5, 0.6) is 0 Å². The maximum Gasteiger partial charge on any atom is 0.231 e. The Morgan fingerprint density at radius 3 is 2.45 bits per heavy atom. The van der Waals surface area contributed by atoms with Gasteiger partial charge in [-0.15, -0.1) is 0 Å². The molecule has 5 nitrogen and oxygen atoms in total. The lowest BCUT2D eigenvalue weighted by atomic mass is 9.74. The van der Waals surface area contributed by atoms with Crippen LogP contribution in [0.4, 0.5) is 0 Å². The van der Waals surface area contributed by atoms with Crippen LogP contribution in [0.15, 0.2) is 23.1 Å². The Hall–Kier alpha value is -1.40. The molecule has 1 aromatic carbocycles. The molecule has 1 aliphatic heterocycles. The van der Waals surface area contributed by atoms with Gasteiger partial charge in [-0.1, -0.05) is 26.0 Å². The summed E-state index contributed by atoms with van der Waals surface area (Å²) in [5.41, 5.74) is 1.03. The molecule has 0 saturated carbocycles. The summed E-state index contributed by atoms with van der Waals surface area (Å²) in [5.74, 6) is 0.168. The number of hydrogen-bond acceptors (Lipinski definition) is 4. The smallest absolute Gasteiger partial charge is 0.231 e. The number of amides is 1. The largest absolute Gasteiger partial charge is 0.379 e. The van der Waals surface area contributed by atoms with Crippen molar-refractivity contribution in [1.29, 1.82) is 0 Å². The van der Waals surface area contributed by atoms with Crippen LogP contribution in [-0.4, -0.2) is 33.8 Å². The number of rotatable bonds is 5. The Bertz CT molecular complexity index is 675. The summed E-state index contributed by atoms with van der Waals surface area (Å²) < 4.78 is 28.7. The zero-order chi connectivity index (χ0) is 16.5. The summed E-state index contributed by atoms with van der Waals surface area (Å²) in [5, 5.41) is 2.91. The van der Waals surface area contributed by atoms with Crippen LogP contribution < -0.4 is 5.32 Å². The van der Waals surface area contributed by atoms with Crippen molar-refractivity contribution in [2.75, 3.05) is 19.5 Å². The highest BCUT2D eigenvalue weighted by Gasteiger charge is 2.48. The van der Waals surface area contributed by atoms with Gasteiger partial charge in [-0.2, -0.15) is 0 Å². The number of benzene rings is 1. The van der Waals surface area contributed by atoms with E-state index in [1.807, 2.05) is 19.9 Å². The Labute approximate surface area is 132 Å². The zero-order valence-electron chi connectivity index (χ0n) is 13.5. The van der Waals surface area contributed by atoms with E-state index in [2.05, 4.69) is 5.32 Å². The van der Waals surface area contributed by atoms with Gasteiger partial charge in [0.1, 0.15) is 0 Å². The lowest BCUT2D eigenvalue weighted by Gasteiger charge is -2.43. The van der Waals surface area contributed by atoms with Gasteiger partial charge in [-0.25, -0.2) is 8.42 Å². The van der Waals surface area contributed by atoms with E-state index in [-0.39, 0.29) is 11.8 Å². The molecule has 1 amide bonds. The molecule has 0 aromatic heterocycles. The van der Waals surface area contributed by atoms with E-state index in [0.717, 1.165) is 5.56 Å². The first kappa shape index (κ1) is 17.0. The van der Waals surface area contributed by atoms with Gasteiger partial charge in [-0.3, -0.25) is 4.79 Å². The lowest BCUT2D eigenvalue weighted by molar-refractivity contribution is -0.171. The summed E-state index contributed by atoms with van der Waals surface area (Å²) in [4.78, 5) is 12.7. The molecule has 1 aromatic rings. The van der Waals surface area contributed by atoms with E-state index in [9.17, 15) is 13.2 Å². The third-order valence-electron chi connectivity index (χ3n) is 4.38. The predicted octanol–water partition coefficient (Wildman–Crippen LogP) is 1.69. The predicted molar refractivity (Wildman–Crippen MR) is 84.2 cm³/mol. The Morgan fingerprint density at radius 2 is 2.00 bits per heavy atom. The minimum atomic E-state index is -3.26. The molecular weight excluding hydrogens is 302 g/mol. The van der Waals surface area contributed by atoms with Crippen LogP contribution in [0.2, 0.25) is 0 Å². The van der Waals surface area contributed by atoms with Gasteiger partial charge in [-0.05, 0) is 30.0 Å². The number of ether oxygens (including phenoxy) is 1. The summed E-state index contributed by atoms with van der Waals surface area (Å²) in [6, 6.07) is 5.23. The van der Waals surface area contributed by atoms with Crippen molar-refractivity contribution in [3.63, 3.8) is 0 Å². The number of nitrogens with one attached hydrogen (secondary N) is 1. The van der Waals surface area contributed by atoms with E-state index in [1.165, 1.54) is 6.26 Å². The van der Waals surface area contributed by atoms with Gasteiger partial charge in [0.05, 0.1) is 23.5 Å². The second kappa shape index (κ2) is 6.01. The molecule has 22 heavy (non-hydrogen) atoms. The highest BCUT2D eigenvalue weighted by molar-refractivity contribution is 7.90. The molecule has 1 fully saturated rings. The Balaban J connectivity index is 2.11. The van der Waals surface area contributed by atoms with E-state index in [1.54, 1.807) is 19.1 Å². The van der Waals surface area contributed by atoms with Crippen molar-refractivity contribution in [1.82, 2.24) is 5.32 Å². The first-order valence-electron chi connectivity index (χ1n) is 7.32. The fourth-order valence-corrected chi connectivity index (χ4v) is 3.58. The second-order valence-electron chi connectivity index (χ2n) is 6.36. The molecule has 0 unspecified atom stereocenters. The topological polar surface area (TPSA) is 72.5 Å². The molecule has 0 spiro atoms. The maximum atomic E-state index is 12.4. The van der Waals surface area contributed by atoms with Crippen molar-refractivity contribution >= 4 is 15.7 Å². The molecule has 1 N–H and O–H groups in total. The Morgan fingerprint density at radius 1 is 1.36 bits per heavy atom. The maximum absolute atomic E-state index is 12.4. The summed E-state index contributed by atoms with van der Waals surface area (Å²) in [6.07, 6.45) is 1.19. The first-order chi connectivity index (χ1) is 10.2. The number of carbonyl (C=O) groups excluding carboxylic acids is 1. The SMILES string of the molecule is Cc1ccc(CNC(=O)C2(C(C)C)COC2)cc1S(C)(=O)=O. The van der Waals surface area contributed by atoms with Crippen molar-refractivity contribution in [3.8, 4) is 0 Å². The van der Waals surface area contributed by atoms with Gasteiger partial charge in [0.2, 0.25) is 5.91 Å². The third-order valence-corrected chi connectivity index (χ3v) is 5.62. The van der Waals surface area contributed by atoms with Gasteiger partial charge < -0.3 is 10.1 Å². The molecule has 0 radical (unpaired) electrons. The normalized spacial score (nSPS) is 17.1. The molecule has 1 saturated heterocycles. The van der Waals surface area contributed by atoms with Crippen molar-refractivity contribution in [3.05, 3.63) is 29.3 Å². The molecule has 0 atom stereocenters. The van der Waals surface area contributed by atoms with Crippen molar-refractivity contribution in [2.45, 2.75) is 32.2 Å². The minimum Gasteiger partial charge on any atom is -0.379 e. The van der Waals surface area contributed by atoms with Crippen LogP contribution in [0.3, 0.4) is 0 Å². The number of hydrogen-bond donors (Lipinski definition) is 1. The number of sulfone groups is 1. The highest BCUT2D eigenvalue weighted by atomic mass is 32.2. The standard InChI is InChI=1S/C16H23NO4S/c1-11(2)16(9-21-10-16)15(18)17-8-13-6-5-12(3)14(7-13)22(4,19)20/h5-7,11H,8-10H2,1-4H3,(H,17,18). The number of aryl methyl sites for hydroxylation is 1. The van der Waals surface area contributed by atoms with Crippen molar-refractivity contribution < 1.29 is 17.9 Å². The number of carbonyl (C=O) groups is 1.